The fraction of sp³-hybridized carbons (Fsp3) is 0.0625. The summed E-state index contributed by atoms with van der Waals surface area (Å²) in [6.45, 7) is 0.261. The van der Waals surface area contributed by atoms with Crippen LogP contribution in [-0.4, -0.2) is 20.5 Å². The number of halogens is 1. The van der Waals surface area contributed by atoms with Gasteiger partial charge in [0.05, 0.1) is 6.54 Å². The van der Waals surface area contributed by atoms with Crippen molar-refractivity contribution in [3.63, 3.8) is 0 Å². The molecule has 6 heteroatoms. The van der Waals surface area contributed by atoms with Gasteiger partial charge in [0.2, 0.25) is 5.91 Å². The molecule has 5 nitrogen and oxygen atoms in total. The zero-order valence-electron chi connectivity index (χ0n) is 11.6. The summed E-state index contributed by atoms with van der Waals surface area (Å²) in [7, 11) is 0. The second-order valence-corrected chi connectivity index (χ2v) is 4.65. The minimum Gasteiger partial charge on any atom is -0.345 e. The van der Waals surface area contributed by atoms with E-state index in [4.69, 9.17) is 0 Å². The average Bonchev–Trinajstić information content (AvgIpc) is 2.94. The normalized spacial score (nSPS) is 11.1. The Kier molecular flexibility index (Phi) is 3.91. The summed E-state index contributed by atoms with van der Waals surface area (Å²) < 4.78 is 14.8. The highest BCUT2D eigenvalue weighted by Crippen LogP contribution is 2.05. The molecule has 1 amide bonds. The van der Waals surface area contributed by atoms with E-state index in [1.54, 1.807) is 22.6 Å². The Balaban J connectivity index is 1.63. The molecule has 0 radical (unpaired) electrons. The van der Waals surface area contributed by atoms with Gasteiger partial charge in [-0.3, -0.25) is 9.20 Å². The van der Waals surface area contributed by atoms with Crippen molar-refractivity contribution in [1.29, 1.82) is 0 Å². The summed E-state index contributed by atoms with van der Waals surface area (Å²) in [6, 6.07) is 11.6. The molecule has 1 N–H and O–H groups in total. The zero-order chi connectivity index (χ0) is 15.4. The fourth-order valence-corrected chi connectivity index (χ4v) is 2.02. The number of carbonyl (C=O) groups excluding carboxylic acids is 1. The van der Waals surface area contributed by atoms with Gasteiger partial charge < -0.3 is 5.32 Å². The molecule has 0 bridgehead atoms. The highest BCUT2D eigenvalue weighted by Gasteiger charge is 2.05. The molecule has 0 fully saturated rings. The Morgan fingerprint density at radius 3 is 3.00 bits per heavy atom. The second kappa shape index (κ2) is 6.17. The number of nitrogens with zero attached hydrogens (tertiary/aromatic N) is 3. The second-order valence-electron chi connectivity index (χ2n) is 4.65. The van der Waals surface area contributed by atoms with Crippen molar-refractivity contribution in [1.82, 2.24) is 19.9 Å². The number of hydrogen-bond donors (Lipinski definition) is 1. The summed E-state index contributed by atoms with van der Waals surface area (Å²) in [5.74, 6) is 0.0255. The van der Waals surface area contributed by atoms with E-state index in [2.05, 4.69) is 15.5 Å². The molecular formula is C16H13FN4O. The maximum atomic E-state index is 13.0. The van der Waals surface area contributed by atoms with E-state index in [0.29, 0.717) is 11.4 Å². The number of fused-ring (bicyclic) bond motifs is 1. The van der Waals surface area contributed by atoms with E-state index in [1.807, 2.05) is 24.4 Å². The maximum absolute atomic E-state index is 13.0. The van der Waals surface area contributed by atoms with Crippen molar-refractivity contribution >= 4 is 17.6 Å². The lowest BCUT2D eigenvalue weighted by Crippen LogP contribution is -2.21. The molecule has 3 rings (SSSR count). The first-order chi connectivity index (χ1) is 10.7. The van der Waals surface area contributed by atoms with Crippen LogP contribution in [0.25, 0.3) is 11.7 Å². The molecule has 110 valence electrons. The molecule has 0 saturated heterocycles. The van der Waals surface area contributed by atoms with Gasteiger partial charge in [-0.05, 0) is 35.9 Å². The van der Waals surface area contributed by atoms with Gasteiger partial charge in [-0.15, -0.1) is 10.2 Å². The molecule has 0 spiro atoms. The summed E-state index contributed by atoms with van der Waals surface area (Å²) in [4.78, 5) is 11.8. The lowest BCUT2D eigenvalue weighted by molar-refractivity contribution is -0.116. The molecule has 1 aromatic carbocycles. The van der Waals surface area contributed by atoms with Gasteiger partial charge in [-0.1, -0.05) is 18.2 Å². The van der Waals surface area contributed by atoms with Crippen molar-refractivity contribution in [2.24, 2.45) is 0 Å². The topological polar surface area (TPSA) is 59.3 Å². The molecule has 0 atom stereocenters. The summed E-state index contributed by atoms with van der Waals surface area (Å²) in [5.41, 5.74) is 1.35. The van der Waals surface area contributed by atoms with Crippen LogP contribution in [0.5, 0.6) is 0 Å². The Morgan fingerprint density at radius 1 is 1.23 bits per heavy atom. The Morgan fingerprint density at radius 2 is 2.14 bits per heavy atom. The Hall–Kier alpha value is -3.02. The first-order valence-electron chi connectivity index (χ1n) is 6.72. The number of rotatable bonds is 4. The van der Waals surface area contributed by atoms with Crippen LogP contribution in [0.1, 0.15) is 11.4 Å². The molecule has 2 aromatic heterocycles. The van der Waals surface area contributed by atoms with Crippen LogP contribution in [0.3, 0.4) is 0 Å². The number of carbonyl (C=O) groups is 1. The largest absolute Gasteiger partial charge is 0.345 e. The van der Waals surface area contributed by atoms with Crippen LogP contribution in [0.2, 0.25) is 0 Å². The number of benzene rings is 1. The molecule has 0 aliphatic heterocycles. The Labute approximate surface area is 126 Å². The molecule has 2 heterocycles. The quantitative estimate of drug-likeness (QED) is 0.751. The van der Waals surface area contributed by atoms with Gasteiger partial charge in [0.1, 0.15) is 5.82 Å². The van der Waals surface area contributed by atoms with E-state index in [1.165, 1.54) is 18.2 Å². The molecular weight excluding hydrogens is 283 g/mol. The van der Waals surface area contributed by atoms with E-state index < -0.39 is 0 Å². The van der Waals surface area contributed by atoms with E-state index in [9.17, 15) is 9.18 Å². The Bertz CT molecular complexity index is 841. The third kappa shape index (κ3) is 3.17. The van der Waals surface area contributed by atoms with Gasteiger partial charge in [0, 0.05) is 12.3 Å². The van der Waals surface area contributed by atoms with Crippen molar-refractivity contribution in [3.8, 4) is 0 Å². The van der Waals surface area contributed by atoms with Crippen molar-refractivity contribution in [3.05, 3.63) is 71.9 Å². The number of amides is 1. The first kappa shape index (κ1) is 13.9. The fourth-order valence-electron chi connectivity index (χ4n) is 2.02. The highest BCUT2D eigenvalue weighted by atomic mass is 19.1. The van der Waals surface area contributed by atoms with Gasteiger partial charge >= 0.3 is 0 Å². The average molecular weight is 296 g/mol. The van der Waals surface area contributed by atoms with Crippen LogP contribution in [0.15, 0.2) is 54.7 Å². The van der Waals surface area contributed by atoms with Crippen molar-refractivity contribution < 1.29 is 9.18 Å². The van der Waals surface area contributed by atoms with Crippen LogP contribution in [0, 0.1) is 5.82 Å². The molecule has 0 aliphatic rings. The highest BCUT2D eigenvalue weighted by molar-refractivity contribution is 5.91. The molecule has 3 aromatic rings. The smallest absolute Gasteiger partial charge is 0.244 e. The number of hydrogen-bond acceptors (Lipinski definition) is 3. The summed E-state index contributed by atoms with van der Waals surface area (Å²) >= 11 is 0. The third-order valence-corrected chi connectivity index (χ3v) is 3.08. The van der Waals surface area contributed by atoms with Gasteiger partial charge in [-0.2, -0.15) is 0 Å². The maximum Gasteiger partial charge on any atom is 0.244 e. The standard InChI is InChI=1S/C16H13FN4O/c17-13-5-3-4-12(10-13)7-8-16(22)18-11-15-20-19-14-6-1-2-9-21(14)15/h1-10H,11H2,(H,18,22). The zero-order valence-corrected chi connectivity index (χ0v) is 11.6. The van der Waals surface area contributed by atoms with E-state index in [0.717, 1.165) is 5.65 Å². The monoisotopic (exact) mass is 296 g/mol. The number of pyridine rings is 1. The molecule has 22 heavy (non-hydrogen) atoms. The van der Waals surface area contributed by atoms with Crippen LogP contribution in [-0.2, 0) is 11.3 Å². The van der Waals surface area contributed by atoms with Crippen LogP contribution in [0.4, 0.5) is 4.39 Å². The number of nitrogens with one attached hydrogen (secondary N) is 1. The van der Waals surface area contributed by atoms with Crippen molar-refractivity contribution in [2.45, 2.75) is 6.54 Å². The van der Waals surface area contributed by atoms with Gasteiger partial charge in [0.15, 0.2) is 11.5 Å². The van der Waals surface area contributed by atoms with E-state index in [-0.39, 0.29) is 18.3 Å². The minimum absolute atomic E-state index is 0.261. The summed E-state index contributed by atoms with van der Waals surface area (Å²) in [6.07, 6.45) is 4.75. The number of aromatic nitrogens is 3. The predicted octanol–water partition coefficient (Wildman–Crippen LogP) is 2.20. The summed E-state index contributed by atoms with van der Waals surface area (Å²) in [5, 5.41) is 10.7. The van der Waals surface area contributed by atoms with E-state index >= 15 is 0 Å². The van der Waals surface area contributed by atoms with Crippen LogP contribution >= 0.6 is 0 Å². The van der Waals surface area contributed by atoms with Gasteiger partial charge in [-0.25, -0.2) is 4.39 Å². The first-order valence-corrected chi connectivity index (χ1v) is 6.72. The minimum atomic E-state index is -0.336. The molecule has 0 aliphatic carbocycles. The lowest BCUT2D eigenvalue weighted by Gasteiger charge is -2.01. The predicted molar refractivity (Wildman–Crippen MR) is 80.3 cm³/mol. The molecule has 0 saturated carbocycles. The van der Waals surface area contributed by atoms with Crippen molar-refractivity contribution in [2.75, 3.05) is 0 Å². The lowest BCUT2D eigenvalue weighted by atomic mass is 10.2. The van der Waals surface area contributed by atoms with Gasteiger partial charge in [0.25, 0.3) is 0 Å². The molecule has 0 unspecified atom stereocenters. The SMILES string of the molecule is O=C(C=Cc1cccc(F)c1)NCc1nnc2ccccn12. The third-order valence-electron chi connectivity index (χ3n) is 3.08. The van der Waals surface area contributed by atoms with Crippen LogP contribution < -0.4 is 5.32 Å².